The first-order valence-corrected chi connectivity index (χ1v) is 4.62. The molecule has 0 bridgehead atoms. The molecule has 1 unspecified atom stereocenters. The number of aryl methyl sites for hydroxylation is 1. The Morgan fingerprint density at radius 1 is 1.46 bits per heavy atom. The highest BCUT2D eigenvalue weighted by atomic mass is 15.3. The Morgan fingerprint density at radius 3 is 2.31 bits per heavy atom. The lowest BCUT2D eigenvalue weighted by Crippen LogP contribution is -2.21. The van der Waals surface area contributed by atoms with E-state index in [1.54, 1.807) is 0 Å². The Morgan fingerprint density at radius 2 is 2.00 bits per heavy atom. The highest BCUT2D eigenvalue weighted by Gasteiger charge is 2.23. The summed E-state index contributed by atoms with van der Waals surface area (Å²) in [4.78, 5) is 0. The van der Waals surface area contributed by atoms with Gasteiger partial charge in [0.05, 0.1) is 6.20 Å². The Hall–Kier alpha value is -0.830. The number of hydrogen-bond donors (Lipinski definition) is 1. The summed E-state index contributed by atoms with van der Waals surface area (Å²) in [6.07, 6.45) is 1.87. The van der Waals surface area contributed by atoms with Gasteiger partial charge in [-0.25, -0.2) is 0 Å². The highest BCUT2D eigenvalue weighted by Crippen LogP contribution is 2.27. The van der Waals surface area contributed by atoms with E-state index in [1.807, 2.05) is 24.9 Å². The first kappa shape index (κ1) is 10.3. The van der Waals surface area contributed by atoms with Crippen LogP contribution in [0, 0.1) is 0 Å². The second-order valence-corrected chi connectivity index (χ2v) is 4.61. The zero-order valence-electron chi connectivity index (χ0n) is 9.13. The quantitative estimate of drug-likeness (QED) is 0.717. The monoisotopic (exact) mass is 181 g/mol. The molecule has 0 aliphatic rings. The van der Waals surface area contributed by atoms with Crippen molar-refractivity contribution in [1.82, 2.24) is 9.78 Å². The molecule has 1 rings (SSSR count). The molecule has 1 heterocycles. The standard InChI is InChI=1S/C10H19N3/c1-7(11)8-6-12-13(5)9(8)10(2,3)4/h6-7H,11H2,1-5H3. The Labute approximate surface area is 79.9 Å². The minimum Gasteiger partial charge on any atom is -0.324 e. The smallest absolute Gasteiger partial charge is 0.0540 e. The number of aromatic nitrogens is 2. The van der Waals surface area contributed by atoms with Crippen LogP contribution in [0.15, 0.2) is 6.20 Å². The molecule has 0 radical (unpaired) electrons. The molecule has 0 saturated heterocycles. The SMILES string of the molecule is CC(N)c1cnn(C)c1C(C)(C)C. The molecule has 0 aliphatic heterocycles. The van der Waals surface area contributed by atoms with Gasteiger partial charge in [0.2, 0.25) is 0 Å². The van der Waals surface area contributed by atoms with Gasteiger partial charge >= 0.3 is 0 Å². The summed E-state index contributed by atoms with van der Waals surface area (Å²) in [6.45, 7) is 8.52. The molecule has 0 spiro atoms. The topological polar surface area (TPSA) is 43.8 Å². The van der Waals surface area contributed by atoms with Crippen molar-refractivity contribution in [3.05, 3.63) is 17.5 Å². The number of rotatable bonds is 1. The lowest BCUT2D eigenvalue weighted by atomic mass is 9.88. The predicted octanol–water partition coefficient (Wildman–Crippen LogP) is 1.74. The van der Waals surface area contributed by atoms with Gasteiger partial charge in [-0.2, -0.15) is 5.10 Å². The molecule has 0 fully saturated rings. The first-order chi connectivity index (χ1) is 5.84. The maximum absolute atomic E-state index is 5.87. The zero-order chi connectivity index (χ0) is 10.2. The van der Waals surface area contributed by atoms with Gasteiger partial charge in [-0.05, 0) is 6.92 Å². The van der Waals surface area contributed by atoms with Crippen molar-refractivity contribution in [3.63, 3.8) is 0 Å². The maximum Gasteiger partial charge on any atom is 0.0540 e. The van der Waals surface area contributed by atoms with Gasteiger partial charge in [-0.15, -0.1) is 0 Å². The van der Waals surface area contributed by atoms with Crippen LogP contribution < -0.4 is 5.73 Å². The van der Waals surface area contributed by atoms with Gasteiger partial charge in [-0.1, -0.05) is 20.8 Å². The molecule has 1 aromatic rings. The molecule has 0 saturated carbocycles. The Kier molecular flexibility index (Phi) is 2.48. The number of nitrogens with zero attached hydrogens (tertiary/aromatic N) is 2. The van der Waals surface area contributed by atoms with Crippen LogP contribution in [0.1, 0.15) is 45.0 Å². The summed E-state index contributed by atoms with van der Waals surface area (Å²) >= 11 is 0. The van der Waals surface area contributed by atoms with Crippen molar-refractivity contribution in [1.29, 1.82) is 0 Å². The highest BCUT2D eigenvalue weighted by molar-refractivity contribution is 5.27. The van der Waals surface area contributed by atoms with Crippen LogP contribution in [0.25, 0.3) is 0 Å². The fraction of sp³-hybridized carbons (Fsp3) is 0.700. The second-order valence-electron chi connectivity index (χ2n) is 4.61. The molecule has 3 heteroatoms. The fourth-order valence-electron chi connectivity index (χ4n) is 1.71. The van der Waals surface area contributed by atoms with E-state index < -0.39 is 0 Å². The lowest BCUT2D eigenvalue weighted by Gasteiger charge is -2.22. The summed E-state index contributed by atoms with van der Waals surface area (Å²) in [5.41, 5.74) is 8.35. The molecular weight excluding hydrogens is 162 g/mol. The molecule has 13 heavy (non-hydrogen) atoms. The number of nitrogens with two attached hydrogens (primary N) is 1. The summed E-state index contributed by atoms with van der Waals surface area (Å²) in [7, 11) is 1.96. The van der Waals surface area contributed by atoms with Crippen LogP contribution in [0.5, 0.6) is 0 Å². The fourth-order valence-corrected chi connectivity index (χ4v) is 1.71. The van der Waals surface area contributed by atoms with Crippen molar-refractivity contribution in [2.75, 3.05) is 0 Å². The van der Waals surface area contributed by atoms with Crippen LogP contribution in [-0.4, -0.2) is 9.78 Å². The summed E-state index contributed by atoms with van der Waals surface area (Å²) in [6, 6.07) is 0.0583. The van der Waals surface area contributed by atoms with E-state index in [9.17, 15) is 0 Å². The van der Waals surface area contributed by atoms with Gasteiger partial charge in [0.25, 0.3) is 0 Å². The van der Waals surface area contributed by atoms with Crippen LogP contribution in [-0.2, 0) is 12.5 Å². The van der Waals surface area contributed by atoms with E-state index in [4.69, 9.17) is 5.73 Å². The third-order valence-corrected chi connectivity index (χ3v) is 2.17. The molecule has 0 amide bonds. The van der Waals surface area contributed by atoms with Crippen molar-refractivity contribution in [2.45, 2.75) is 39.2 Å². The van der Waals surface area contributed by atoms with Gasteiger partial charge in [0.1, 0.15) is 0 Å². The molecule has 2 N–H and O–H groups in total. The molecule has 3 nitrogen and oxygen atoms in total. The predicted molar refractivity (Wildman–Crippen MR) is 54.5 cm³/mol. The second kappa shape index (κ2) is 3.14. The van der Waals surface area contributed by atoms with Crippen molar-refractivity contribution >= 4 is 0 Å². The minimum atomic E-state index is 0.0583. The Balaban J connectivity index is 3.25. The van der Waals surface area contributed by atoms with E-state index in [0.717, 1.165) is 5.56 Å². The molecule has 0 aromatic carbocycles. The Bertz CT molecular complexity index is 292. The van der Waals surface area contributed by atoms with Crippen LogP contribution in [0.2, 0.25) is 0 Å². The summed E-state index contributed by atoms with van der Waals surface area (Å²) in [5.74, 6) is 0. The van der Waals surface area contributed by atoms with E-state index in [0.29, 0.717) is 0 Å². The van der Waals surface area contributed by atoms with Crippen LogP contribution >= 0.6 is 0 Å². The van der Waals surface area contributed by atoms with Crippen molar-refractivity contribution < 1.29 is 0 Å². The molecular formula is C10H19N3. The summed E-state index contributed by atoms with van der Waals surface area (Å²) in [5, 5.41) is 4.24. The van der Waals surface area contributed by atoms with E-state index in [-0.39, 0.29) is 11.5 Å². The van der Waals surface area contributed by atoms with E-state index >= 15 is 0 Å². The van der Waals surface area contributed by atoms with E-state index in [2.05, 4.69) is 25.9 Å². The van der Waals surface area contributed by atoms with Crippen LogP contribution in [0.4, 0.5) is 0 Å². The van der Waals surface area contributed by atoms with E-state index in [1.165, 1.54) is 5.69 Å². The van der Waals surface area contributed by atoms with Gasteiger partial charge in [0.15, 0.2) is 0 Å². The first-order valence-electron chi connectivity index (χ1n) is 4.62. The average Bonchev–Trinajstić information content (AvgIpc) is 2.28. The third kappa shape index (κ3) is 1.91. The van der Waals surface area contributed by atoms with Crippen molar-refractivity contribution in [2.24, 2.45) is 12.8 Å². The van der Waals surface area contributed by atoms with Gasteiger partial charge < -0.3 is 5.73 Å². The lowest BCUT2D eigenvalue weighted by molar-refractivity contribution is 0.513. The average molecular weight is 181 g/mol. The third-order valence-electron chi connectivity index (χ3n) is 2.17. The molecule has 1 atom stereocenters. The normalized spacial score (nSPS) is 14.6. The minimum absolute atomic E-state index is 0.0583. The zero-order valence-corrected chi connectivity index (χ0v) is 9.13. The number of hydrogen-bond acceptors (Lipinski definition) is 2. The van der Waals surface area contributed by atoms with Crippen LogP contribution in [0.3, 0.4) is 0 Å². The molecule has 0 aliphatic carbocycles. The largest absolute Gasteiger partial charge is 0.324 e. The van der Waals surface area contributed by atoms with Gasteiger partial charge in [-0.3, -0.25) is 4.68 Å². The maximum atomic E-state index is 5.87. The van der Waals surface area contributed by atoms with Crippen molar-refractivity contribution in [3.8, 4) is 0 Å². The molecule has 74 valence electrons. The van der Waals surface area contributed by atoms with Gasteiger partial charge in [0, 0.05) is 29.8 Å². The summed E-state index contributed by atoms with van der Waals surface area (Å²) < 4.78 is 1.92. The molecule has 1 aromatic heterocycles.